The number of nitrogens with one attached hydrogen (secondary N) is 2. The highest BCUT2D eigenvalue weighted by molar-refractivity contribution is 6.30. The molecule has 1 amide bonds. The molecule has 1 aliphatic rings. The van der Waals surface area contributed by atoms with Crippen LogP contribution in [0.4, 0.5) is 5.69 Å². The number of fused-ring (bicyclic) bond motifs is 1. The van der Waals surface area contributed by atoms with E-state index in [1.807, 2.05) is 30.3 Å². The van der Waals surface area contributed by atoms with Gasteiger partial charge in [0.25, 0.3) is 0 Å². The van der Waals surface area contributed by atoms with Crippen molar-refractivity contribution in [2.75, 3.05) is 11.9 Å². The number of halogens is 1. The van der Waals surface area contributed by atoms with Gasteiger partial charge in [-0.2, -0.15) is 0 Å². The van der Waals surface area contributed by atoms with E-state index in [-0.39, 0.29) is 17.5 Å². The zero-order chi connectivity index (χ0) is 27.4. The first kappa shape index (κ1) is 27.6. The highest BCUT2D eigenvalue weighted by Gasteiger charge is 2.23. The van der Waals surface area contributed by atoms with Crippen molar-refractivity contribution < 1.29 is 24.5 Å². The molecule has 0 aliphatic heterocycles. The lowest BCUT2D eigenvalue weighted by atomic mass is 9.88. The minimum absolute atomic E-state index is 0.0206. The zero-order valence-corrected chi connectivity index (χ0v) is 22.5. The SMILES string of the molecule is CC(C)(C)C(=O)Nc1cc(Oc2ccc3c(c2)C[C@@H](NC[C@H](O)c2cccc(Cl)c2)CC3)cc(C(=O)O)c1. The Balaban J connectivity index is 1.45. The van der Waals surface area contributed by atoms with E-state index >= 15 is 0 Å². The predicted molar refractivity (Wildman–Crippen MR) is 148 cm³/mol. The van der Waals surface area contributed by atoms with E-state index in [1.54, 1.807) is 39.0 Å². The normalized spacial score (nSPS) is 15.9. The summed E-state index contributed by atoms with van der Waals surface area (Å²) in [7, 11) is 0. The lowest BCUT2D eigenvalue weighted by molar-refractivity contribution is -0.123. The van der Waals surface area contributed by atoms with Crippen LogP contribution in [0.25, 0.3) is 0 Å². The summed E-state index contributed by atoms with van der Waals surface area (Å²) in [4.78, 5) is 24.1. The van der Waals surface area contributed by atoms with Crippen molar-refractivity contribution in [3.05, 3.63) is 87.9 Å². The molecule has 200 valence electrons. The fourth-order valence-electron chi connectivity index (χ4n) is 4.39. The van der Waals surface area contributed by atoms with E-state index in [4.69, 9.17) is 16.3 Å². The number of carboxylic acids is 1. The smallest absolute Gasteiger partial charge is 0.335 e. The van der Waals surface area contributed by atoms with Crippen LogP contribution in [0.2, 0.25) is 5.02 Å². The maximum Gasteiger partial charge on any atom is 0.335 e. The number of carbonyl (C=O) groups excluding carboxylic acids is 1. The maximum atomic E-state index is 12.4. The van der Waals surface area contributed by atoms with Crippen molar-refractivity contribution in [2.24, 2.45) is 5.41 Å². The van der Waals surface area contributed by atoms with Crippen LogP contribution in [0, 0.1) is 5.41 Å². The standard InChI is InChI=1S/C30H33ClN2O5/c1-30(2,3)29(37)33-24-13-21(28(35)36)15-26(16-24)38-25-10-8-18-7-9-23(12-20(18)14-25)32-17-27(34)19-5-4-6-22(31)11-19/h4-6,8,10-11,13-16,23,27,32,34H,7,9,12,17H2,1-3H3,(H,33,37)(H,35,36)/t23-,27-/m0/s1. The van der Waals surface area contributed by atoms with Gasteiger partial charge in [-0.25, -0.2) is 4.79 Å². The van der Waals surface area contributed by atoms with Gasteiger partial charge in [0.2, 0.25) is 5.91 Å². The number of aliphatic hydroxyl groups excluding tert-OH is 1. The first-order valence-corrected chi connectivity index (χ1v) is 13.0. The first-order valence-electron chi connectivity index (χ1n) is 12.6. The Hall–Kier alpha value is -3.39. The molecule has 0 spiro atoms. The van der Waals surface area contributed by atoms with Gasteiger partial charge in [0.05, 0.1) is 11.7 Å². The highest BCUT2D eigenvalue weighted by atomic mass is 35.5. The molecule has 38 heavy (non-hydrogen) atoms. The van der Waals surface area contributed by atoms with Crippen LogP contribution in [0.3, 0.4) is 0 Å². The van der Waals surface area contributed by atoms with Gasteiger partial charge in [-0.1, -0.05) is 50.6 Å². The summed E-state index contributed by atoms with van der Waals surface area (Å²) in [6, 6.07) is 17.8. The maximum absolute atomic E-state index is 12.4. The molecule has 0 aromatic heterocycles. The Kier molecular flexibility index (Phi) is 8.41. The van der Waals surface area contributed by atoms with Crippen molar-refractivity contribution in [1.29, 1.82) is 0 Å². The molecule has 3 aromatic rings. The summed E-state index contributed by atoms with van der Waals surface area (Å²) >= 11 is 6.05. The van der Waals surface area contributed by atoms with Crippen molar-refractivity contribution in [3.63, 3.8) is 0 Å². The van der Waals surface area contributed by atoms with Crippen molar-refractivity contribution in [3.8, 4) is 11.5 Å². The first-order chi connectivity index (χ1) is 18.0. The lowest BCUT2D eigenvalue weighted by Gasteiger charge is -2.27. The summed E-state index contributed by atoms with van der Waals surface area (Å²) in [5.74, 6) is -0.428. The number of aromatic carboxylic acids is 1. The van der Waals surface area contributed by atoms with Crippen LogP contribution in [-0.4, -0.2) is 34.7 Å². The fourth-order valence-corrected chi connectivity index (χ4v) is 4.59. The second kappa shape index (κ2) is 11.6. The second-order valence-corrected chi connectivity index (χ2v) is 11.1. The van der Waals surface area contributed by atoms with E-state index in [0.717, 1.165) is 30.4 Å². The number of amides is 1. The number of carbonyl (C=O) groups is 2. The molecule has 0 heterocycles. The van der Waals surface area contributed by atoms with Gasteiger partial charge in [-0.15, -0.1) is 0 Å². The number of anilines is 1. The van der Waals surface area contributed by atoms with E-state index in [2.05, 4.69) is 10.6 Å². The minimum Gasteiger partial charge on any atom is -0.478 e. The van der Waals surface area contributed by atoms with Crippen LogP contribution in [-0.2, 0) is 17.6 Å². The van der Waals surface area contributed by atoms with Gasteiger partial charge in [0.15, 0.2) is 0 Å². The predicted octanol–water partition coefficient (Wildman–Crippen LogP) is 6.00. The van der Waals surface area contributed by atoms with Crippen LogP contribution in [0.1, 0.15) is 60.3 Å². The van der Waals surface area contributed by atoms with Crippen LogP contribution in [0.5, 0.6) is 11.5 Å². The molecule has 0 saturated carbocycles. The molecule has 0 fully saturated rings. The average Bonchev–Trinajstić information content (AvgIpc) is 2.86. The van der Waals surface area contributed by atoms with E-state index < -0.39 is 17.5 Å². The number of rotatable bonds is 8. The van der Waals surface area contributed by atoms with Gasteiger partial charge >= 0.3 is 5.97 Å². The number of aliphatic hydroxyl groups is 1. The second-order valence-electron chi connectivity index (χ2n) is 10.7. The summed E-state index contributed by atoms with van der Waals surface area (Å²) in [5, 5.41) is 27.0. The Morgan fingerprint density at radius 2 is 1.84 bits per heavy atom. The third-order valence-corrected chi connectivity index (χ3v) is 6.80. The molecule has 2 atom stereocenters. The average molecular weight is 537 g/mol. The van der Waals surface area contributed by atoms with E-state index in [0.29, 0.717) is 28.8 Å². The summed E-state index contributed by atoms with van der Waals surface area (Å²) in [5.41, 5.74) is 2.90. The number of hydrogen-bond acceptors (Lipinski definition) is 5. The topological polar surface area (TPSA) is 108 Å². The molecule has 0 saturated heterocycles. The third-order valence-electron chi connectivity index (χ3n) is 6.57. The minimum atomic E-state index is -1.11. The Morgan fingerprint density at radius 1 is 1.05 bits per heavy atom. The Bertz CT molecular complexity index is 1330. The molecule has 0 unspecified atom stereocenters. The number of benzene rings is 3. The van der Waals surface area contributed by atoms with Crippen LogP contribution in [0.15, 0.2) is 60.7 Å². The zero-order valence-electron chi connectivity index (χ0n) is 21.8. The molecular formula is C30H33ClN2O5. The number of carboxylic acid groups (broad SMARTS) is 1. The quantitative estimate of drug-likeness (QED) is 0.281. The lowest BCUT2D eigenvalue weighted by Crippen LogP contribution is -2.37. The van der Waals surface area contributed by atoms with Gasteiger partial charge in [-0.05, 0) is 72.4 Å². The Morgan fingerprint density at radius 3 is 2.55 bits per heavy atom. The number of ether oxygens (including phenoxy) is 1. The summed E-state index contributed by atoms with van der Waals surface area (Å²) in [6.07, 6.45) is 1.97. The van der Waals surface area contributed by atoms with Gasteiger partial charge in [0, 0.05) is 34.8 Å². The van der Waals surface area contributed by atoms with Crippen molar-refractivity contribution in [1.82, 2.24) is 5.32 Å². The van der Waals surface area contributed by atoms with Gasteiger partial charge < -0.3 is 25.6 Å². The molecule has 0 radical (unpaired) electrons. The summed E-state index contributed by atoms with van der Waals surface area (Å²) < 4.78 is 6.06. The van der Waals surface area contributed by atoms with Crippen LogP contribution >= 0.6 is 11.6 Å². The molecule has 7 nitrogen and oxygen atoms in total. The largest absolute Gasteiger partial charge is 0.478 e. The Labute approximate surface area is 227 Å². The molecule has 0 bridgehead atoms. The third kappa shape index (κ3) is 7.13. The highest BCUT2D eigenvalue weighted by Crippen LogP contribution is 2.31. The molecular weight excluding hydrogens is 504 g/mol. The van der Waals surface area contributed by atoms with Crippen molar-refractivity contribution >= 4 is 29.2 Å². The molecule has 1 aliphatic carbocycles. The van der Waals surface area contributed by atoms with E-state index in [1.165, 1.54) is 17.7 Å². The molecule has 4 rings (SSSR count). The van der Waals surface area contributed by atoms with Crippen molar-refractivity contribution in [2.45, 2.75) is 52.2 Å². The van der Waals surface area contributed by atoms with Gasteiger partial charge in [-0.3, -0.25) is 4.79 Å². The number of aryl methyl sites for hydroxylation is 1. The van der Waals surface area contributed by atoms with Gasteiger partial charge in [0.1, 0.15) is 11.5 Å². The molecule has 8 heteroatoms. The number of hydrogen-bond donors (Lipinski definition) is 4. The van der Waals surface area contributed by atoms with Crippen LogP contribution < -0.4 is 15.4 Å². The van der Waals surface area contributed by atoms with E-state index in [9.17, 15) is 19.8 Å². The monoisotopic (exact) mass is 536 g/mol. The molecule has 3 aromatic carbocycles. The summed E-state index contributed by atoms with van der Waals surface area (Å²) in [6.45, 7) is 5.78. The molecule has 4 N–H and O–H groups in total. The fraction of sp³-hybridized carbons (Fsp3) is 0.333.